The van der Waals surface area contributed by atoms with Crippen LogP contribution in [0.3, 0.4) is 0 Å². The van der Waals surface area contributed by atoms with Crippen molar-refractivity contribution in [1.82, 2.24) is 10.2 Å². The molecule has 7 heteroatoms. The second-order valence-electron chi connectivity index (χ2n) is 5.22. The summed E-state index contributed by atoms with van der Waals surface area (Å²) in [7, 11) is 0. The first-order valence-electron chi connectivity index (χ1n) is 6.89. The first-order valence-corrected chi connectivity index (χ1v) is 6.89. The smallest absolute Gasteiger partial charge is 0.344 e. The van der Waals surface area contributed by atoms with Crippen LogP contribution in [0.4, 0.5) is 13.2 Å². The molecule has 2 amide bonds. The molecule has 0 aromatic heterocycles. The van der Waals surface area contributed by atoms with Crippen LogP contribution >= 0.6 is 0 Å². The minimum atomic E-state index is -4.21. The Bertz CT molecular complexity index is 358. The van der Waals surface area contributed by atoms with E-state index in [2.05, 4.69) is 5.32 Å². The topological polar surface area (TPSA) is 49.4 Å². The van der Waals surface area contributed by atoms with Gasteiger partial charge in [-0.2, -0.15) is 13.2 Å². The quantitative estimate of drug-likeness (QED) is 0.844. The van der Waals surface area contributed by atoms with E-state index in [-0.39, 0.29) is 43.7 Å². The normalized spacial score (nSPS) is 22.4. The summed E-state index contributed by atoms with van der Waals surface area (Å²) < 4.78 is 36.4. The van der Waals surface area contributed by atoms with Gasteiger partial charge in [-0.25, -0.2) is 0 Å². The Kier molecular flexibility index (Phi) is 5.83. The monoisotopic (exact) mass is 294 g/mol. The van der Waals surface area contributed by atoms with Crippen molar-refractivity contribution in [2.45, 2.75) is 51.7 Å². The van der Waals surface area contributed by atoms with E-state index in [1.54, 1.807) is 0 Å². The molecule has 2 unspecified atom stereocenters. The molecule has 0 radical (unpaired) electrons. The van der Waals surface area contributed by atoms with Crippen LogP contribution in [0.1, 0.15) is 39.5 Å². The number of carbonyl (C=O) groups excluding carboxylic acids is 2. The number of hydrogen-bond acceptors (Lipinski definition) is 2. The van der Waals surface area contributed by atoms with E-state index in [0.29, 0.717) is 6.42 Å². The summed E-state index contributed by atoms with van der Waals surface area (Å²) in [5.74, 6) is -0.524. The lowest BCUT2D eigenvalue weighted by Gasteiger charge is -2.27. The molecule has 4 nitrogen and oxygen atoms in total. The van der Waals surface area contributed by atoms with Gasteiger partial charge in [0.1, 0.15) is 6.04 Å². The largest absolute Gasteiger partial charge is 0.389 e. The number of rotatable bonds is 5. The van der Waals surface area contributed by atoms with Crippen molar-refractivity contribution in [1.29, 1.82) is 0 Å². The van der Waals surface area contributed by atoms with E-state index in [0.717, 1.165) is 0 Å². The summed E-state index contributed by atoms with van der Waals surface area (Å²) in [6.45, 7) is 3.99. The molecule has 0 aromatic rings. The fraction of sp³-hybridized carbons (Fsp3) is 0.846. The van der Waals surface area contributed by atoms with Crippen molar-refractivity contribution >= 4 is 11.8 Å². The SMILES string of the molecule is CCC(C)C1NC(=O)CCN(CCCC(F)(F)F)C1=O. The number of nitrogens with one attached hydrogen (secondary N) is 1. The zero-order valence-corrected chi connectivity index (χ0v) is 11.8. The average molecular weight is 294 g/mol. The van der Waals surface area contributed by atoms with Gasteiger partial charge in [0.2, 0.25) is 11.8 Å². The maximum atomic E-state index is 12.3. The first kappa shape index (κ1) is 16.8. The fourth-order valence-electron chi connectivity index (χ4n) is 2.16. The standard InChI is InChI=1S/C13H21F3N2O2/c1-3-9(2)11-12(20)18(8-5-10(19)17-11)7-4-6-13(14,15)16/h9,11H,3-8H2,1-2H3,(H,17,19). The minimum absolute atomic E-state index is 0.0327. The van der Waals surface area contributed by atoms with Crippen molar-refractivity contribution < 1.29 is 22.8 Å². The summed E-state index contributed by atoms with van der Waals surface area (Å²) in [6.07, 6.45) is -4.39. The lowest BCUT2D eigenvalue weighted by molar-refractivity contribution is -0.141. The van der Waals surface area contributed by atoms with E-state index in [1.807, 2.05) is 13.8 Å². The highest BCUT2D eigenvalue weighted by atomic mass is 19.4. The Morgan fingerprint density at radius 1 is 1.40 bits per heavy atom. The molecule has 1 rings (SSSR count). The highest BCUT2D eigenvalue weighted by Gasteiger charge is 2.33. The van der Waals surface area contributed by atoms with Gasteiger partial charge < -0.3 is 10.2 Å². The molecule has 20 heavy (non-hydrogen) atoms. The van der Waals surface area contributed by atoms with Crippen molar-refractivity contribution in [2.75, 3.05) is 13.1 Å². The zero-order valence-electron chi connectivity index (χ0n) is 11.8. The molecule has 1 fully saturated rings. The molecular weight excluding hydrogens is 273 g/mol. The maximum Gasteiger partial charge on any atom is 0.389 e. The first-order chi connectivity index (χ1) is 9.24. The van der Waals surface area contributed by atoms with E-state index in [4.69, 9.17) is 0 Å². The summed E-state index contributed by atoms with van der Waals surface area (Å²) >= 11 is 0. The molecule has 2 atom stereocenters. The lowest BCUT2D eigenvalue weighted by Crippen LogP contribution is -2.48. The van der Waals surface area contributed by atoms with Crippen molar-refractivity contribution in [2.24, 2.45) is 5.92 Å². The third-order valence-corrected chi connectivity index (χ3v) is 3.60. The maximum absolute atomic E-state index is 12.3. The Morgan fingerprint density at radius 3 is 2.60 bits per heavy atom. The second-order valence-corrected chi connectivity index (χ2v) is 5.22. The van der Waals surface area contributed by atoms with Gasteiger partial charge in [0.05, 0.1) is 0 Å². The Balaban J connectivity index is 2.65. The van der Waals surface area contributed by atoms with Crippen LogP contribution in [0.25, 0.3) is 0 Å². The number of hydrogen-bond donors (Lipinski definition) is 1. The van der Waals surface area contributed by atoms with Gasteiger partial charge in [-0.1, -0.05) is 20.3 Å². The van der Waals surface area contributed by atoms with Gasteiger partial charge in [-0.05, 0) is 12.3 Å². The lowest BCUT2D eigenvalue weighted by atomic mass is 9.98. The molecule has 1 N–H and O–H groups in total. The van der Waals surface area contributed by atoms with E-state index in [9.17, 15) is 22.8 Å². The Labute approximate surface area is 116 Å². The molecule has 1 heterocycles. The molecule has 0 aromatic carbocycles. The van der Waals surface area contributed by atoms with E-state index in [1.165, 1.54) is 4.90 Å². The van der Waals surface area contributed by atoms with Gasteiger partial charge in [-0.3, -0.25) is 9.59 Å². The van der Waals surface area contributed by atoms with Crippen molar-refractivity contribution in [3.05, 3.63) is 0 Å². The molecular formula is C13H21F3N2O2. The molecule has 0 saturated carbocycles. The van der Waals surface area contributed by atoms with Crippen LogP contribution in [0.15, 0.2) is 0 Å². The molecule has 0 bridgehead atoms. The van der Waals surface area contributed by atoms with Gasteiger partial charge in [0.15, 0.2) is 0 Å². The second kappa shape index (κ2) is 6.95. The molecule has 116 valence electrons. The molecule has 1 aliphatic rings. The van der Waals surface area contributed by atoms with Crippen molar-refractivity contribution in [3.63, 3.8) is 0 Å². The number of amides is 2. The Morgan fingerprint density at radius 2 is 2.05 bits per heavy atom. The van der Waals surface area contributed by atoms with E-state index < -0.39 is 18.6 Å². The fourth-order valence-corrected chi connectivity index (χ4v) is 2.16. The van der Waals surface area contributed by atoms with Gasteiger partial charge in [0.25, 0.3) is 0 Å². The van der Waals surface area contributed by atoms with Crippen LogP contribution < -0.4 is 5.32 Å². The zero-order chi connectivity index (χ0) is 15.3. The predicted molar refractivity (Wildman–Crippen MR) is 67.9 cm³/mol. The summed E-state index contributed by atoms with van der Waals surface area (Å²) in [4.78, 5) is 25.2. The summed E-state index contributed by atoms with van der Waals surface area (Å²) in [5.41, 5.74) is 0. The summed E-state index contributed by atoms with van der Waals surface area (Å²) in [6, 6.07) is -0.624. The predicted octanol–water partition coefficient (Wildman–Crippen LogP) is 2.09. The highest BCUT2D eigenvalue weighted by Crippen LogP contribution is 2.22. The number of alkyl halides is 3. The van der Waals surface area contributed by atoms with Crippen LogP contribution in [-0.4, -0.2) is 42.0 Å². The number of halogens is 3. The van der Waals surface area contributed by atoms with Crippen LogP contribution in [0, 0.1) is 5.92 Å². The average Bonchev–Trinajstić information content (AvgIpc) is 2.49. The molecule has 1 saturated heterocycles. The Hall–Kier alpha value is -1.27. The third-order valence-electron chi connectivity index (χ3n) is 3.60. The van der Waals surface area contributed by atoms with Crippen LogP contribution in [0.5, 0.6) is 0 Å². The number of carbonyl (C=O) groups is 2. The van der Waals surface area contributed by atoms with E-state index >= 15 is 0 Å². The highest BCUT2D eigenvalue weighted by molar-refractivity contribution is 5.90. The molecule has 0 spiro atoms. The van der Waals surface area contributed by atoms with Gasteiger partial charge >= 0.3 is 6.18 Å². The molecule has 1 aliphatic heterocycles. The minimum Gasteiger partial charge on any atom is -0.344 e. The summed E-state index contributed by atoms with van der Waals surface area (Å²) in [5, 5.41) is 2.66. The number of nitrogens with zero attached hydrogens (tertiary/aromatic N) is 1. The molecule has 0 aliphatic carbocycles. The van der Waals surface area contributed by atoms with Gasteiger partial charge in [-0.15, -0.1) is 0 Å². The van der Waals surface area contributed by atoms with Crippen LogP contribution in [-0.2, 0) is 9.59 Å². The van der Waals surface area contributed by atoms with Crippen molar-refractivity contribution in [3.8, 4) is 0 Å². The van der Waals surface area contributed by atoms with Crippen LogP contribution in [0.2, 0.25) is 0 Å². The van der Waals surface area contributed by atoms with Gasteiger partial charge in [0, 0.05) is 25.9 Å². The third kappa shape index (κ3) is 5.02.